The number of carbonyl (C=O) groups excluding carboxylic acids is 1. The molecule has 1 aromatic carbocycles. The fourth-order valence-corrected chi connectivity index (χ4v) is 2.73. The minimum absolute atomic E-state index is 0.165. The van der Waals surface area contributed by atoms with Gasteiger partial charge in [0.05, 0.1) is 0 Å². The van der Waals surface area contributed by atoms with E-state index in [2.05, 4.69) is 0 Å². The highest BCUT2D eigenvalue weighted by molar-refractivity contribution is 7.88. The zero-order chi connectivity index (χ0) is 17.7. The molecule has 0 saturated carbocycles. The van der Waals surface area contributed by atoms with Crippen LogP contribution in [0.1, 0.15) is 11.3 Å². The van der Waals surface area contributed by atoms with E-state index in [1.54, 1.807) is 30.3 Å². The second-order valence-electron chi connectivity index (χ2n) is 5.00. The van der Waals surface area contributed by atoms with Gasteiger partial charge in [-0.05, 0) is 35.9 Å². The molecule has 2 aromatic rings. The van der Waals surface area contributed by atoms with E-state index in [0.717, 1.165) is 9.87 Å². The molecule has 0 aliphatic rings. The Hall–Kier alpha value is -2.09. The van der Waals surface area contributed by atoms with Gasteiger partial charge in [0.25, 0.3) is 10.0 Å². The minimum Gasteiger partial charge on any atom is -0.454 e. The molecule has 0 N–H and O–H groups in total. The highest BCUT2D eigenvalue weighted by Crippen LogP contribution is 2.17. The number of hydrogen-bond donors (Lipinski definition) is 0. The first-order valence-corrected chi connectivity index (χ1v) is 8.72. The highest BCUT2D eigenvalue weighted by Gasteiger charge is 2.21. The lowest BCUT2D eigenvalue weighted by Crippen LogP contribution is -2.21. The molecule has 0 amide bonds. The van der Waals surface area contributed by atoms with E-state index >= 15 is 0 Å². The predicted octanol–water partition coefficient (Wildman–Crippen LogP) is 2.94. The Morgan fingerprint density at radius 3 is 2.71 bits per heavy atom. The molecule has 0 atom stereocenters. The molecule has 0 unspecified atom stereocenters. The van der Waals surface area contributed by atoms with Crippen LogP contribution in [0.3, 0.4) is 0 Å². The summed E-state index contributed by atoms with van der Waals surface area (Å²) in [5.74, 6) is -0.344. The van der Waals surface area contributed by atoms with Gasteiger partial charge in [-0.15, -0.1) is 0 Å². The number of nitrogens with zero attached hydrogens (tertiary/aromatic N) is 1. The lowest BCUT2D eigenvalue weighted by atomic mass is 10.2. The summed E-state index contributed by atoms with van der Waals surface area (Å²) in [5, 5.41) is 0.365. The minimum atomic E-state index is -3.65. The van der Waals surface area contributed by atoms with Gasteiger partial charge in [0.15, 0.2) is 0 Å². The molecular weight excluding hydrogens is 354 g/mol. The Morgan fingerprint density at radius 2 is 2.04 bits per heavy atom. The quantitative estimate of drug-likeness (QED) is 0.578. The zero-order valence-electron chi connectivity index (χ0n) is 13.1. The van der Waals surface area contributed by atoms with Gasteiger partial charge in [0.2, 0.25) is 5.09 Å². The Bertz CT molecular complexity index is 855. The van der Waals surface area contributed by atoms with Gasteiger partial charge < -0.3 is 9.15 Å². The van der Waals surface area contributed by atoms with E-state index < -0.39 is 16.0 Å². The molecule has 0 aliphatic heterocycles. The van der Waals surface area contributed by atoms with Crippen LogP contribution in [-0.4, -0.2) is 32.8 Å². The largest absolute Gasteiger partial charge is 0.454 e. The van der Waals surface area contributed by atoms with Crippen molar-refractivity contribution >= 4 is 33.7 Å². The second kappa shape index (κ2) is 7.65. The number of rotatable bonds is 6. The van der Waals surface area contributed by atoms with E-state index in [-0.39, 0.29) is 17.5 Å². The maximum atomic E-state index is 11.9. The lowest BCUT2D eigenvalue weighted by molar-refractivity contribution is -0.139. The lowest BCUT2D eigenvalue weighted by Gasteiger charge is -2.07. The van der Waals surface area contributed by atoms with Crippen LogP contribution < -0.4 is 0 Å². The molecule has 128 valence electrons. The average molecular weight is 370 g/mol. The molecule has 0 fully saturated rings. The molecule has 0 aliphatic carbocycles. The van der Waals surface area contributed by atoms with Gasteiger partial charge in [-0.25, -0.2) is 17.5 Å². The monoisotopic (exact) mass is 369 g/mol. The van der Waals surface area contributed by atoms with Crippen molar-refractivity contribution in [3.63, 3.8) is 0 Å². The van der Waals surface area contributed by atoms with Gasteiger partial charge in [0.1, 0.15) is 12.4 Å². The fraction of sp³-hybridized carbons (Fsp3) is 0.188. The first kappa shape index (κ1) is 18.3. The van der Waals surface area contributed by atoms with Crippen LogP contribution >= 0.6 is 11.6 Å². The topological polar surface area (TPSA) is 76.8 Å². The molecular formula is C16H16ClNO5S. The summed E-state index contributed by atoms with van der Waals surface area (Å²) in [6, 6.07) is 9.76. The Kier molecular flexibility index (Phi) is 5.82. The van der Waals surface area contributed by atoms with Crippen LogP contribution in [0.25, 0.3) is 6.08 Å². The maximum absolute atomic E-state index is 11.9. The summed E-state index contributed by atoms with van der Waals surface area (Å²) >= 11 is 5.85. The number of halogens is 1. The van der Waals surface area contributed by atoms with E-state index in [0.29, 0.717) is 5.02 Å². The molecule has 0 spiro atoms. The number of furan rings is 1. The third-order valence-electron chi connectivity index (χ3n) is 2.99. The molecule has 1 aromatic heterocycles. The van der Waals surface area contributed by atoms with Gasteiger partial charge in [-0.3, -0.25) is 0 Å². The number of ether oxygens (including phenoxy) is 1. The third-order valence-corrected chi connectivity index (χ3v) is 4.91. The summed E-state index contributed by atoms with van der Waals surface area (Å²) < 4.78 is 35.0. The standard InChI is InChI=1S/C16H16ClNO5S/c1-18(2)24(20,21)16-9-7-14(23-16)11-22-15(19)8-6-12-4-3-5-13(17)10-12/h3-10H,11H2,1-2H3/b8-6+. The van der Waals surface area contributed by atoms with Crippen LogP contribution in [0, 0.1) is 0 Å². The Balaban J connectivity index is 1.94. The number of esters is 1. The number of carbonyl (C=O) groups is 1. The van der Waals surface area contributed by atoms with Crippen molar-refractivity contribution in [2.75, 3.05) is 14.1 Å². The summed E-state index contributed by atoms with van der Waals surface area (Å²) in [6.07, 6.45) is 2.82. The van der Waals surface area contributed by atoms with E-state index in [1.807, 2.05) is 0 Å². The molecule has 0 bridgehead atoms. The van der Waals surface area contributed by atoms with Gasteiger partial charge in [-0.1, -0.05) is 23.7 Å². The number of benzene rings is 1. The van der Waals surface area contributed by atoms with E-state index in [9.17, 15) is 13.2 Å². The Morgan fingerprint density at radius 1 is 1.29 bits per heavy atom. The zero-order valence-corrected chi connectivity index (χ0v) is 14.7. The van der Waals surface area contributed by atoms with Gasteiger partial charge in [-0.2, -0.15) is 0 Å². The summed E-state index contributed by atoms with van der Waals surface area (Å²) in [4.78, 5) is 11.7. The van der Waals surface area contributed by atoms with Crippen LogP contribution in [0.5, 0.6) is 0 Å². The second-order valence-corrected chi connectivity index (χ2v) is 7.52. The smallest absolute Gasteiger partial charge is 0.331 e. The molecule has 1 heterocycles. The van der Waals surface area contributed by atoms with E-state index in [4.69, 9.17) is 20.8 Å². The van der Waals surface area contributed by atoms with Crippen LogP contribution in [-0.2, 0) is 26.2 Å². The van der Waals surface area contributed by atoms with Crippen molar-refractivity contribution in [2.45, 2.75) is 11.7 Å². The normalized spacial score (nSPS) is 12.0. The van der Waals surface area contributed by atoms with E-state index in [1.165, 1.54) is 32.3 Å². The van der Waals surface area contributed by atoms with Crippen LogP contribution in [0.4, 0.5) is 0 Å². The average Bonchev–Trinajstić information content (AvgIpc) is 3.00. The van der Waals surface area contributed by atoms with Crippen molar-refractivity contribution in [2.24, 2.45) is 0 Å². The summed E-state index contributed by atoms with van der Waals surface area (Å²) in [5.41, 5.74) is 0.761. The molecule has 0 radical (unpaired) electrons. The third kappa shape index (κ3) is 4.70. The van der Waals surface area contributed by atoms with Crippen molar-refractivity contribution in [1.82, 2.24) is 4.31 Å². The van der Waals surface area contributed by atoms with Crippen molar-refractivity contribution in [3.05, 3.63) is 58.8 Å². The molecule has 2 rings (SSSR count). The van der Waals surface area contributed by atoms with Crippen molar-refractivity contribution in [1.29, 1.82) is 0 Å². The number of hydrogen-bond acceptors (Lipinski definition) is 5. The van der Waals surface area contributed by atoms with Crippen LogP contribution in [0.15, 0.2) is 52.0 Å². The van der Waals surface area contributed by atoms with Gasteiger partial charge >= 0.3 is 5.97 Å². The molecule has 24 heavy (non-hydrogen) atoms. The predicted molar refractivity (Wildman–Crippen MR) is 89.9 cm³/mol. The fourth-order valence-electron chi connectivity index (χ4n) is 1.72. The molecule has 0 saturated heterocycles. The maximum Gasteiger partial charge on any atom is 0.331 e. The first-order valence-electron chi connectivity index (χ1n) is 6.90. The summed E-state index contributed by atoms with van der Waals surface area (Å²) in [6.45, 7) is -0.165. The summed E-state index contributed by atoms with van der Waals surface area (Å²) in [7, 11) is -0.843. The molecule has 6 nitrogen and oxygen atoms in total. The van der Waals surface area contributed by atoms with Crippen LogP contribution in [0.2, 0.25) is 5.02 Å². The number of sulfonamides is 1. The molecule has 8 heteroatoms. The van der Waals surface area contributed by atoms with Crippen molar-refractivity contribution < 1.29 is 22.4 Å². The van der Waals surface area contributed by atoms with Crippen molar-refractivity contribution in [3.8, 4) is 0 Å². The highest BCUT2D eigenvalue weighted by atomic mass is 35.5. The van der Waals surface area contributed by atoms with Gasteiger partial charge in [0, 0.05) is 25.2 Å². The first-order chi connectivity index (χ1) is 11.3. The SMILES string of the molecule is CN(C)S(=O)(=O)c1ccc(COC(=O)/C=C/c2cccc(Cl)c2)o1. The Labute approximate surface area is 145 Å².